The third-order valence-electron chi connectivity index (χ3n) is 5.47. The number of benzene rings is 2. The zero-order chi connectivity index (χ0) is 21.8. The van der Waals surface area contributed by atoms with Crippen LogP contribution in [0.1, 0.15) is 35.2 Å². The quantitative estimate of drug-likeness (QED) is 0.632. The minimum absolute atomic E-state index is 0.0183. The van der Waals surface area contributed by atoms with Crippen molar-refractivity contribution in [3.05, 3.63) is 71.1 Å². The van der Waals surface area contributed by atoms with E-state index in [4.69, 9.17) is 9.26 Å². The maximum absolute atomic E-state index is 12.9. The molecule has 0 aliphatic carbocycles. The van der Waals surface area contributed by atoms with Crippen molar-refractivity contribution in [2.75, 3.05) is 25.0 Å². The summed E-state index contributed by atoms with van der Waals surface area (Å²) in [5.74, 6) is 1.40. The van der Waals surface area contributed by atoms with E-state index in [9.17, 15) is 9.18 Å². The highest BCUT2D eigenvalue weighted by atomic mass is 19.1. The molecule has 1 saturated heterocycles. The fourth-order valence-corrected chi connectivity index (χ4v) is 3.49. The Morgan fingerprint density at radius 3 is 2.81 bits per heavy atom. The van der Waals surface area contributed by atoms with Gasteiger partial charge in [-0.3, -0.25) is 0 Å². The van der Waals surface area contributed by atoms with Crippen molar-refractivity contribution in [2.24, 2.45) is 0 Å². The Bertz CT molecular complexity index is 1050. The number of likely N-dealkylation sites (tertiary alicyclic amines) is 1. The van der Waals surface area contributed by atoms with Gasteiger partial charge in [-0.1, -0.05) is 11.2 Å². The number of amides is 2. The molecule has 1 aromatic heterocycles. The fourth-order valence-electron chi connectivity index (χ4n) is 3.49. The number of hydrogen-bond acceptors (Lipinski definition) is 5. The van der Waals surface area contributed by atoms with Gasteiger partial charge in [-0.2, -0.15) is 4.98 Å². The van der Waals surface area contributed by atoms with Crippen LogP contribution in [0.2, 0.25) is 0 Å². The molecule has 1 atom stereocenters. The number of carbonyl (C=O) groups excluding carboxylic acids is 1. The third kappa shape index (κ3) is 5.20. The van der Waals surface area contributed by atoms with Gasteiger partial charge in [0.05, 0.1) is 12.5 Å². The minimum atomic E-state index is -0.302. The first-order valence-corrected chi connectivity index (χ1v) is 10.3. The van der Waals surface area contributed by atoms with E-state index in [2.05, 4.69) is 15.5 Å². The number of aromatic nitrogens is 2. The standard InChI is InChI=1S/C23H25FN4O3/c1-15-3-6-19(13-16(15)2)25-23(29)28-11-9-17(14-28)22-26-21(27-31-22)10-12-30-20-7-4-18(24)5-8-20/h3-8,13,17H,9-12,14H2,1-2H3,(H,25,29). The van der Waals surface area contributed by atoms with Crippen LogP contribution in [0.5, 0.6) is 5.75 Å². The molecule has 0 bridgehead atoms. The smallest absolute Gasteiger partial charge is 0.321 e. The van der Waals surface area contributed by atoms with Crippen LogP contribution < -0.4 is 10.1 Å². The molecular weight excluding hydrogens is 399 g/mol. The highest BCUT2D eigenvalue weighted by Gasteiger charge is 2.31. The summed E-state index contributed by atoms with van der Waals surface area (Å²) in [7, 11) is 0. The number of aryl methyl sites for hydroxylation is 2. The van der Waals surface area contributed by atoms with E-state index in [1.165, 1.54) is 17.7 Å². The SMILES string of the molecule is Cc1ccc(NC(=O)N2CCC(c3nc(CCOc4ccc(F)cc4)no3)C2)cc1C. The van der Waals surface area contributed by atoms with E-state index in [0.29, 0.717) is 43.6 Å². The predicted molar refractivity (Wildman–Crippen MR) is 114 cm³/mol. The van der Waals surface area contributed by atoms with E-state index in [1.807, 2.05) is 32.0 Å². The van der Waals surface area contributed by atoms with Crippen molar-refractivity contribution < 1.29 is 18.4 Å². The Morgan fingerprint density at radius 2 is 2.03 bits per heavy atom. The molecule has 2 amide bonds. The zero-order valence-electron chi connectivity index (χ0n) is 17.6. The van der Waals surface area contributed by atoms with Crippen LogP contribution in [-0.4, -0.2) is 40.8 Å². The van der Waals surface area contributed by atoms with Gasteiger partial charge in [0.15, 0.2) is 5.82 Å². The van der Waals surface area contributed by atoms with Crippen LogP contribution in [0.15, 0.2) is 47.0 Å². The van der Waals surface area contributed by atoms with Crippen LogP contribution in [0, 0.1) is 19.7 Å². The lowest BCUT2D eigenvalue weighted by molar-refractivity contribution is 0.221. The van der Waals surface area contributed by atoms with Crippen molar-refractivity contribution in [3.8, 4) is 5.75 Å². The van der Waals surface area contributed by atoms with Crippen LogP contribution in [0.25, 0.3) is 0 Å². The molecule has 2 heterocycles. The number of nitrogens with zero attached hydrogens (tertiary/aromatic N) is 3. The van der Waals surface area contributed by atoms with Gasteiger partial charge in [0.1, 0.15) is 11.6 Å². The Hall–Kier alpha value is -3.42. The van der Waals surface area contributed by atoms with Gasteiger partial charge in [-0.25, -0.2) is 9.18 Å². The average molecular weight is 424 g/mol. The minimum Gasteiger partial charge on any atom is -0.493 e. The largest absolute Gasteiger partial charge is 0.493 e. The topological polar surface area (TPSA) is 80.5 Å². The number of urea groups is 1. The number of ether oxygens (including phenoxy) is 1. The molecule has 1 N–H and O–H groups in total. The maximum atomic E-state index is 12.9. The highest BCUT2D eigenvalue weighted by Crippen LogP contribution is 2.27. The summed E-state index contributed by atoms with van der Waals surface area (Å²) in [6.07, 6.45) is 1.25. The molecule has 1 fully saturated rings. The van der Waals surface area contributed by atoms with E-state index < -0.39 is 0 Å². The van der Waals surface area contributed by atoms with Crippen molar-refractivity contribution in [2.45, 2.75) is 32.6 Å². The number of hydrogen-bond donors (Lipinski definition) is 1. The van der Waals surface area contributed by atoms with Gasteiger partial charge >= 0.3 is 6.03 Å². The molecule has 2 aromatic carbocycles. The van der Waals surface area contributed by atoms with Crippen LogP contribution in [0.4, 0.5) is 14.9 Å². The van der Waals surface area contributed by atoms with Crippen LogP contribution >= 0.6 is 0 Å². The predicted octanol–water partition coefficient (Wildman–Crippen LogP) is 4.47. The van der Waals surface area contributed by atoms with Crippen LogP contribution in [-0.2, 0) is 6.42 Å². The summed E-state index contributed by atoms with van der Waals surface area (Å²) < 4.78 is 23.9. The first-order valence-electron chi connectivity index (χ1n) is 10.3. The molecule has 7 nitrogen and oxygen atoms in total. The molecule has 162 valence electrons. The summed E-state index contributed by atoms with van der Waals surface area (Å²) >= 11 is 0. The molecule has 31 heavy (non-hydrogen) atoms. The summed E-state index contributed by atoms with van der Waals surface area (Å²) in [5, 5.41) is 6.97. The van der Waals surface area contributed by atoms with Crippen molar-refractivity contribution >= 4 is 11.7 Å². The highest BCUT2D eigenvalue weighted by molar-refractivity contribution is 5.89. The number of carbonyl (C=O) groups is 1. The van der Waals surface area contributed by atoms with Gasteiger partial charge in [0.25, 0.3) is 0 Å². The lowest BCUT2D eigenvalue weighted by Gasteiger charge is -2.17. The molecule has 0 radical (unpaired) electrons. The number of halogens is 1. The second-order valence-corrected chi connectivity index (χ2v) is 7.76. The molecular formula is C23H25FN4O3. The van der Waals surface area contributed by atoms with Crippen molar-refractivity contribution in [1.82, 2.24) is 15.0 Å². The van der Waals surface area contributed by atoms with E-state index >= 15 is 0 Å². The first-order chi connectivity index (χ1) is 15.0. The Morgan fingerprint density at radius 1 is 1.23 bits per heavy atom. The second kappa shape index (κ2) is 9.16. The molecule has 1 unspecified atom stereocenters. The zero-order valence-corrected chi connectivity index (χ0v) is 17.6. The van der Waals surface area contributed by atoms with Crippen molar-refractivity contribution in [1.29, 1.82) is 0 Å². The van der Waals surface area contributed by atoms with Gasteiger partial charge < -0.3 is 19.5 Å². The van der Waals surface area contributed by atoms with Gasteiger partial charge in [-0.05, 0) is 67.8 Å². The fraction of sp³-hybridized carbons (Fsp3) is 0.348. The lowest BCUT2D eigenvalue weighted by Crippen LogP contribution is -2.32. The Kier molecular flexibility index (Phi) is 6.16. The van der Waals surface area contributed by atoms with Gasteiger partial charge in [-0.15, -0.1) is 0 Å². The molecule has 4 rings (SSSR count). The molecule has 0 saturated carbocycles. The van der Waals surface area contributed by atoms with E-state index in [0.717, 1.165) is 17.7 Å². The summed E-state index contributed by atoms with van der Waals surface area (Å²) in [6.45, 7) is 5.59. The first kappa shape index (κ1) is 20.8. The maximum Gasteiger partial charge on any atom is 0.321 e. The number of rotatable bonds is 6. The van der Waals surface area contributed by atoms with Gasteiger partial charge in [0, 0.05) is 25.2 Å². The molecule has 8 heteroatoms. The Labute approximate surface area is 180 Å². The van der Waals surface area contributed by atoms with E-state index in [-0.39, 0.29) is 17.8 Å². The third-order valence-corrected chi connectivity index (χ3v) is 5.47. The summed E-state index contributed by atoms with van der Waals surface area (Å²) in [4.78, 5) is 18.8. The van der Waals surface area contributed by atoms with E-state index in [1.54, 1.807) is 17.0 Å². The number of anilines is 1. The molecule has 3 aromatic rings. The normalized spacial score (nSPS) is 15.8. The second-order valence-electron chi connectivity index (χ2n) is 7.76. The monoisotopic (exact) mass is 424 g/mol. The summed E-state index contributed by atoms with van der Waals surface area (Å²) in [6, 6.07) is 11.6. The lowest BCUT2D eigenvalue weighted by atomic mass is 10.1. The summed E-state index contributed by atoms with van der Waals surface area (Å²) in [5.41, 5.74) is 3.12. The van der Waals surface area contributed by atoms with Crippen LogP contribution in [0.3, 0.4) is 0 Å². The molecule has 1 aliphatic heterocycles. The molecule has 1 aliphatic rings. The number of nitrogens with one attached hydrogen (secondary N) is 1. The van der Waals surface area contributed by atoms with Crippen molar-refractivity contribution in [3.63, 3.8) is 0 Å². The molecule has 0 spiro atoms. The van der Waals surface area contributed by atoms with Gasteiger partial charge in [0.2, 0.25) is 5.89 Å². The Balaban J connectivity index is 1.27. The average Bonchev–Trinajstić information content (AvgIpc) is 3.42.